The van der Waals surface area contributed by atoms with Gasteiger partial charge in [0.15, 0.2) is 11.5 Å². The lowest BCUT2D eigenvalue weighted by atomic mass is 10.1. The molecular weight excluding hydrogens is 454 g/mol. The summed E-state index contributed by atoms with van der Waals surface area (Å²) in [4.78, 5) is 4.43. The summed E-state index contributed by atoms with van der Waals surface area (Å²) in [6, 6.07) is 23.2. The molecular formula is C30H27NO5. The molecule has 1 aliphatic rings. The van der Waals surface area contributed by atoms with Gasteiger partial charge in [0.2, 0.25) is 0 Å². The monoisotopic (exact) mass is 481 g/mol. The van der Waals surface area contributed by atoms with Gasteiger partial charge in [-0.3, -0.25) is 4.98 Å². The molecule has 0 aliphatic heterocycles. The second kappa shape index (κ2) is 11.0. The van der Waals surface area contributed by atoms with Gasteiger partial charge in [0.1, 0.15) is 23.0 Å². The van der Waals surface area contributed by atoms with Crippen molar-refractivity contribution in [2.45, 2.75) is 19.1 Å². The number of aromatic nitrogens is 1. The molecule has 0 fully saturated rings. The molecule has 0 radical (unpaired) electrons. The number of nitrogens with zero attached hydrogens (tertiary/aromatic N) is 1. The molecule has 6 nitrogen and oxygen atoms in total. The van der Waals surface area contributed by atoms with Crippen molar-refractivity contribution in [2.75, 3.05) is 14.2 Å². The van der Waals surface area contributed by atoms with Crippen molar-refractivity contribution < 1.29 is 23.7 Å². The van der Waals surface area contributed by atoms with Gasteiger partial charge in [-0.25, -0.2) is 0 Å². The lowest BCUT2D eigenvalue weighted by Gasteiger charge is -2.20. The Kier molecular flexibility index (Phi) is 7.15. The molecule has 3 aromatic carbocycles. The van der Waals surface area contributed by atoms with E-state index in [-0.39, 0.29) is 6.10 Å². The van der Waals surface area contributed by atoms with E-state index in [2.05, 4.69) is 23.2 Å². The van der Waals surface area contributed by atoms with E-state index in [1.165, 1.54) is 0 Å². The molecule has 36 heavy (non-hydrogen) atoms. The van der Waals surface area contributed by atoms with Gasteiger partial charge in [0.05, 0.1) is 32.4 Å². The summed E-state index contributed by atoms with van der Waals surface area (Å²) in [6.07, 6.45) is 8.36. The molecule has 0 saturated carbocycles. The van der Waals surface area contributed by atoms with Crippen molar-refractivity contribution in [3.63, 3.8) is 0 Å². The first-order chi connectivity index (χ1) is 17.7. The molecule has 182 valence electrons. The Bertz CT molecular complexity index is 1380. The average molecular weight is 482 g/mol. The fourth-order valence-corrected chi connectivity index (χ4v) is 3.98. The van der Waals surface area contributed by atoms with Crippen LogP contribution in [0.5, 0.6) is 28.7 Å². The van der Waals surface area contributed by atoms with Crippen LogP contribution in [0.1, 0.15) is 12.0 Å². The Labute approximate surface area is 210 Å². The zero-order valence-corrected chi connectivity index (χ0v) is 20.2. The van der Waals surface area contributed by atoms with E-state index in [0.717, 1.165) is 28.0 Å². The van der Waals surface area contributed by atoms with Crippen LogP contribution in [0, 0.1) is 0 Å². The van der Waals surface area contributed by atoms with Crippen molar-refractivity contribution in [3.8, 4) is 28.7 Å². The second-order valence-corrected chi connectivity index (χ2v) is 8.27. The Morgan fingerprint density at radius 3 is 2.28 bits per heavy atom. The first-order valence-electron chi connectivity index (χ1n) is 11.7. The SMILES string of the molecule is COc1cc2nccc(Oc3ccc(OC4=CC=CC(OCc5ccccc5)C4)cc3)c2cc1OC. The van der Waals surface area contributed by atoms with E-state index >= 15 is 0 Å². The Morgan fingerprint density at radius 2 is 1.53 bits per heavy atom. The largest absolute Gasteiger partial charge is 0.493 e. The third-order valence-corrected chi connectivity index (χ3v) is 5.82. The topological polar surface area (TPSA) is 59.0 Å². The van der Waals surface area contributed by atoms with E-state index < -0.39 is 0 Å². The molecule has 1 heterocycles. The summed E-state index contributed by atoms with van der Waals surface area (Å²) >= 11 is 0. The minimum atomic E-state index is -0.0246. The van der Waals surface area contributed by atoms with E-state index in [4.69, 9.17) is 23.7 Å². The summed E-state index contributed by atoms with van der Waals surface area (Å²) in [5, 5.41) is 0.830. The van der Waals surface area contributed by atoms with E-state index in [1.807, 2.05) is 72.8 Å². The van der Waals surface area contributed by atoms with Gasteiger partial charge in [0, 0.05) is 24.1 Å². The van der Waals surface area contributed by atoms with Gasteiger partial charge in [-0.05, 0) is 48.0 Å². The highest BCUT2D eigenvalue weighted by Crippen LogP contribution is 2.37. The highest BCUT2D eigenvalue weighted by molar-refractivity contribution is 5.88. The fourth-order valence-electron chi connectivity index (χ4n) is 3.98. The van der Waals surface area contributed by atoms with Crippen molar-refractivity contribution in [2.24, 2.45) is 0 Å². The fraction of sp³-hybridized carbons (Fsp3) is 0.167. The number of methoxy groups -OCH3 is 2. The molecule has 0 N–H and O–H groups in total. The van der Waals surface area contributed by atoms with Gasteiger partial charge < -0.3 is 23.7 Å². The predicted octanol–water partition coefficient (Wildman–Crippen LogP) is 6.85. The van der Waals surface area contributed by atoms with Crippen LogP contribution in [0.25, 0.3) is 10.9 Å². The summed E-state index contributed by atoms with van der Waals surface area (Å²) in [5.74, 6) is 4.18. The third kappa shape index (κ3) is 5.50. The maximum Gasteiger partial charge on any atom is 0.162 e. The number of hydrogen-bond donors (Lipinski definition) is 0. The number of fused-ring (bicyclic) bond motifs is 1. The third-order valence-electron chi connectivity index (χ3n) is 5.82. The first-order valence-corrected chi connectivity index (χ1v) is 11.7. The normalized spacial score (nSPS) is 14.8. The van der Waals surface area contributed by atoms with Gasteiger partial charge in [-0.2, -0.15) is 0 Å². The van der Waals surface area contributed by atoms with Gasteiger partial charge in [-0.15, -0.1) is 0 Å². The maximum atomic E-state index is 6.16. The lowest BCUT2D eigenvalue weighted by molar-refractivity contribution is 0.0653. The van der Waals surface area contributed by atoms with Crippen LogP contribution in [-0.4, -0.2) is 25.3 Å². The number of hydrogen-bond acceptors (Lipinski definition) is 6. The molecule has 0 spiro atoms. The molecule has 5 rings (SSSR count). The highest BCUT2D eigenvalue weighted by Gasteiger charge is 2.15. The quantitative estimate of drug-likeness (QED) is 0.261. The minimum absolute atomic E-state index is 0.0246. The molecule has 6 heteroatoms. The summed E-state index contributed by atoms with van der Waals surface area (Å²) in [7, 11) is 3.21. The van der Waals surface area contributed by atoms with Gasteiger partial charge in [-0.1, -0.05) is 42.5 Å². The molecule has 4 aromatic rings. The van der Waals surface area contributed by atoms with Crippen LogP contribution >= 0.6 is 0 Å². The number of rotatable bonds is 9. The maximum absolute atomic E-state index is 6.16. The Balaban J connectivity index is 1.23. The zero-order valence-electron chi connectivity index (χ0n) is 20.2. The number of pyridine rings is 1. The standard InChI is InChI=1S/C30H27NO5/c1-32-29-18-26-27(19-30(29)33-2)31-16-15-28(26)36-23-13-11-22(12-14-23)35-25-10-6-9-24(17-25)34-20-21-7-4-3-5-8-21/h3-16,18-19,24H,17,20H2,1-2H3. The second-order valence-electron chi connectivity index (χ2n) is 8.27. The van der Waals surface area contributed by atoms with E-state index in [9.17, 15) is 0 Å². The van der Waals surface area contributed by atoms with E-state index in [0.29, 0.717) is 36.0 Å². The highest BCUT2D eigenvalue weighted by atomic mass is 16.5. The van der Waals surface area contributed by atoms with Crippen molar-refractivity contribution >= 4 is 10.9 Å². The van der Waals surface area contributed by atoms with Crippen LogP contribution in [0.4, 0.5) is 0 Å². The van der Waals surface area contributed by atoms with Crippen LogP contribution in [0.15, 0.2) is 103 Å². The lowest BCUT2D eigenvalue weighted by Crippen LogP contribution is -2.15. The van der Waals surface area contributed by atoms with Crippen molar-refractivity contribution in [1.29, 1.82) is 0 Å². The molecule has 0 saturated heterocycles. The Hall–Kier alpha value is -4.29. The average Bonchev–Trinajstić information content (AvgIpc) is 2.93. The first kappa shape index (κ1) is 23.5. The van der Waals surface area contributed by atoms with Gasteiger partial charge in [0.25, 0.3) is 0 Å². The predicted molar refractivity (Wildman–Crippen MR) is 139 cm³/mol. The summed E-state index contributed by atoms with van der Waals surface area (Å²) < 4.78 is 29.1. The van der Waals surface area contributed by atoms with Crippen molar-refractivity contribution in [1.82, 2.24) is 4.98 Å². The van der Waals surface area contributed by atoms with Crippen LogP contribution in [0.2, 0.25) is 0 Å². The Morgan fingerprint density at radius 1 is 0.806 bits per heavy atom. The number of allylic oxidation sites excluding steroid dienone is 2. The summed E-state index contributed by atoms with van der Waals surface area (Å²) in [5.41, 5.74) is 1.91. The number of ether oxygens (including phenoxy) is 5. The molecule has 1 atom stereocenters. The minimum Gasteiger partial charge on any atom is -0.493 e. The van der Waals surface area contributed by atoms with E-state index in [1.54, 1.807) is 20.4 Å². The smallest absolute Gasteiger partial charge is 0.162 e. The van der Waals surface area contributed by atoms with Crippen LogP contribution in [0.3, 0.4) is 0 Å². The molecule has 1 aliphatic carbocycles. The van der Waals surface area contributed by atoms with Gasteiger partial charge >= 0.3 is 0 Å². The summed E-state index contributed by atoms with van der Waals surface area (Å²) in [6.45, 7) is 0.567. The van der Waals surface area contributed by atoms with Crippen molar-refractivity contribution in [3.05, 3.63) is 109 Å². The molecule has 1 unspecified atom stereocenters. The molecule has 0 bridgehead atoms. The van der Waals surface area contributed by atoms with Crippen LogP contribution < -0.4 is 18.9 Å². The van der Waals surface area contributed by atoms with Crippen LogP contribution in [-0.2, 0) is 11.3 Å². The zero-order chi connectivity index (χ0) is 24.7. The molecule has 1 aromatic heterocycles. The molecule has 0 amide bonds. The number of benzene rings is 3.